The molecule has 0 radical (unpaired) electrons. The van der Waals surface area contributed by atoms with Gasteiger partial charge in [-0.05, 0) is 68.5 Å². The van der Waals surface area contributed by atoms with E-state index in [2.05, 4.69) is 10.6 Å². The molecular weight excluding hydrogens is 414 g/mol. The Morgan fingerprint density at radius 3 is 2.32 bits per heavy atom. The second-order valence-electron chi connectivity index (χ2n) is 8.19. The van der Waals surface area contributed by atoms with Crippen LogP contribution in [0.2, 0.25) is 5.02 Å². The van der Waals surface area contributed by atoms with E-state index in [4.69, 9.17) is 11.6 Å². The number of likely N-dealkylation sites (tertiary alicyclic amines) is 1. The van der Waals surface area contributed by atoms with E-state index in [9.17, 15) is 14.4 Å². The van der Waals surface area contributed by atoms with Crippen molar-refractivity contribution in [3.63, 3.8) is 0 Å². The van der Waals surface area contributed by atoms with Crippen molar-refractivity contribution in [1.29, 1.82) is 0 Å². The first-order valence-electron chi connectivity index (χ1n) is 10.8. The van der Waals surface area contributed by atoms with E-state index in [1.54, 1.807) is 48.5 Å². The van der Waals surface area contributed by atoms with Gasteiger partial charge in [-0.2, -0.15) is 0 Å². The third kappa shape index (κ3) is 5.07. The summed E-state index contributed by atoms with van der Waals surface area (Å²) in [5.41, 5.74) is 1.53. The Balaban J connectivity index is 1.37. The number of carbonyl (C=O) groups is 3. The first-order valence-corrected chi connectivity index (χ1v) is 11.2. The fourth-order valence-electron chi connectivity index (χ4n) is 4.46. The van der Waals surface area contributed by atoms with Crippen molar-refractivity contribution in [1.82, 2.24) is 4.90 Å². The highest BCUT2D eigenvalue weighted by molar-refractivity contribution is 6.30. The van der Waals surface area contributed by atoms with Crippen molar-refractivity contribution in [2.75, 3.05) is 17.2 Å². The minimum atomic E-state index is -0.297. The molecule has 1 heterocycles. The van der Waals surface area contributed by atoms with Crippen molar-refractivity contribution < 1.29 is 14.4 Å². The second-order valence-corrected chi connectivity index (χ2v) is 8.63. The molecule has 0 unspecified atom stereocenters. The van der Waals surface area contributed by atoms with E-state index in [-0.39, 0.29) is 29.7 Å². The van der Waals surface area contributed by atoms with Crippen LogP contribution in [0, 0.1) is 5.92 Å². The Hall–Kier alpha value is -2.86. The minimum absolute atomic E-state index is 0.0714. The van der Waals surface area contributed by atoms with Crippen LogP contribution < -0.4 is 10.6 Å². The highest BCUT2D eigenvalue weighted by Crippen LogP contribution is 2.31. The van der Waals surface area contributed by atoms with Crippen LogP contribution in [-0.2, 0) is 9.59 Å². The monoisotopic (exact) mass is 439 g/mol. The van der Waals surface area contributed by atoms with E-state index in [1.165, 1.54) is 0 Å². The molecule has 7 heteroatoms. The number of carbonyl (C=O) groups excluding carboxylic acids is 3. The average molecular weight is 440 g/mol. The Kier molecular flexibility index (Phi) is 6.56. The standard InChI is InChI=1S/C24H26ClN3O3/c25-17-9-11-18(12-10-17)26-24(31)20-4-1-2-5-21(20)27-23(30)16-7-13-19(14-8-16)28-15-3-6-22(28)29/h1-2,4-5,9-12,16,19H,3,6-8,13-15H2,(H,26,31)(H,27,30)/t16-,19-. The topological polar surface area (TPSA) is 78.5 Å². The van der Waals surface area contributed by atoms with E-state index in [0.29, 0.717) is 28.4 Å². The summed E-state index contributed by atoms with van der Waals surface area (Å²) in [4.78, 5) is 39.6. The Morgan fingerprint density at radius 1 is 0.935 bits per heavy atom. The molecule has 2 N–H and O–H groups in total. The Morgan fingerprint density at radius 2 is 1.65 bits per heavy atom. The zero-order valence-corrected chi connectivity index (χ0v) is 18.0. The molecule has 3 amide bonds. The van der Waals surface area contributed by atoms with Gasteiger partial charge in [0.1, 0.15) is 0 Å². The van der Waals surface area contributed by atoms with E-state index in [0.717, 1.165) is 38.6 Å². The molecule has 1 aliphatic heterocycles. The molecule has 0 atom stereocenters. The van der Waals surface area contributed by atoms with Gasteiger partial charge in [0.15, 0.2) is 0 Å². The predicted octanol–water partition coefficient (Wildman–Crippen LogP) is 4.71. The van der Waals surface area contributed by atoms with Crippen LogP contribution in [0.15, 0.2) is 48.5 Å². The largest absolute Gasteiger partial charge is 0.340 e. The second kappa shape index (κ2) is 9.52. The molecule has 6 nitrogen and oxygen atoms in total. The van der Waals surface area contributed by atoms with Gasteiger partial charge in [-0.25, -0.2) is 0 Å². The highest BCUT2D eigenvalue weighted by atomic mass is 35.5. The average Bonchev–Trinajstić information content (AvgIpc) is 3.21. The van der Waals surface area contributed by atoms with Crippen LogP contribution in [0.3, 0.4) is 0 Å². The normalized spacial score (nSPS) is 21.1. The lowest BCUT2D eigenvalue weighted by molar-refractivity contribution is -0.130. The number of nitrogens with zero attached hydrogens (tertiary/aromatic N) is 1. The third-order valence-electron chi connectivity index (χ3n) is 6.15. The van der Waals surface area contributed by atoms with Crippen LogP contribution >= 0.6 is 11.6 Å². The highest BCUT2D eigenvalue weighted by Gasteiger charge is 2.33. The lowest BCUT2D eigenvalue weighted by Crippen LogP contribution is -2.40. The number of halogens is 1. The number of hydrogen-bond acceptors (Lipinski definition) is 3. The van der Waals surface area contributed by atoms with Gasteiger partial charge in [0.05, 0.1) is 11.3 Å². The summed E-state index contributed by atoms with van der Waals surface area (Å²) >= 11 is 5.90. The molecule has 2 aromatic rings. The number of rotatable bonds is 5. The fraction of sp³-hybridized carbons (Fsp3) is 0.375. The molecular formula is C24H26ClN3O3. The van der Waals surface area contributed by atoms with Gasteiger partial charge in [-0.3, -0.25) is 14.4 Å². The first-order chi connectivity index (χ1) is 15.0. The van der Waals surface area contributed by atoms with Crippen molar-refractivity contribution in [2.45, 2.75) is 44.6 Å². The lowest BCUT2D eigenvalue weighted by Gasteiger charge is -2.34. The van der Waals surface area contributed by atoms with Gasteiger partial charge < -0.3 is 15.5 Å². The minimum Gasteiger partial charge on any atom is -0.340 e. The molecule has 2 fully saturated rings. The number of hydrogen-bond donors (Lipinski definition) is 2. The van der Waals surface area contributed by atoms with Crippen LogP contribution in [0.5, 0.6) is 0 Å². The van der Waals surface area contributed by atoms with Crippen molar-refractivity contribution >= 4 is 40.7 Å². The molecule has 4 rings (SSSR count). The summed E-state index contributed by atoms with van der Waals surface area (Å²) in [5.74, 6) is -0.234. The van der Waals surface area contributed by atoms with Crippen LogP contribution in [0.4, 0.5) is 11.4 Å². The molecule has 0 spiro atoms. The molecule has 0 bridgehead atoms. The van der Waals surface area contributed by atoms with Gasteiger partial charge >= 0.3 is 0 Å². The number of para-hydroxylation sites is 1. The Labute approximate surface area is 187 Å². The van der Waals surface area contributed by atoms with Crippen LogP contribution in [-0.4, -0.2) is 35.2 Å². The molecule has 0 aromatic heterocycles. The predicted molar refractivity (Wildman–Crippen MR) is 121 cm³/mol. The number of nitrogens with one attached hydrogen (secondary N) is 2. The van der Waals surface area contributed by atoms with Crippen molar-refractivity contribution in [2.24, 2.45) is 5.92 Å². The van der Waals surface area contributed by atoms with E-state index < -0.39 is 0 Å². The van der Waals surface area contributed by atoms with Gasteiger partial charge in [0.2, 0.25) is 11.8 Å². The van der Waals surface area contributed by atoms with Gasteiger partial charge in [0, 0.05) is 35.6 Å². The smallest absolute Gasteiger partial charge is 0.257 e. The summed E-state index contributed by atoms with van der Waals surface area (Å²) in [6, 6.07) is 14.1. The number of anilines is 2. The zero-order valence-electron chi connectivity index (χ0n) is 17.3. The maximum absolute atomic E-state index is 12.9. The van der Waals surface area contributed by atoms with Gasteiger partial charge in [0.25, 0.3) is 5.91 Å². The van der Waals surface area contributed by atoms with E-state index in [1.807, 2.05) is 4.90 Å². The van der Waals surface area contributed by atoms with Crippen molar-refractivity contribution in [3.05, 3.63) is 59.1 Å². The first kappa shape index (κ1) is 21.4. The molecule has 1 saturated heterocycles. The molecule has 2 aliphatic rings. The summed E-state index contributed by atoms with van der Waals surface area (Å²) in [5, 5.41) is 6.37. The van der Waals surface area contributed by atoms with E-state index >= 15 is 0 Å². The molecule has 1 saturated carbocycles. The van der Waals surface area contributed by atoms with Crippen molar-refractivity contribution in [3.8, 4) is 0 Å². The third-order valence-corrected chi connectivity index (χ3v) is 6.40. The molecule has 162 valence electrons. The Bertz CT molecular complexity index is 968. The maximum Gasteiger partial charge on any atom is 0.257 e. The molecule has 1 aliphatic carbocycles. The van der Waals surface area contributed by atoms with Gasteiger partial charge in [-0.1, -0.05) is 23.7 Å². The quantitative estimate of drug-likeness (QED) is 0.708. The van der Waals surface area contributed by atoms with Gasteiger partial charge in [-0.15, -0.1) is 0 Å². The summed E-state index contributed by atoms with van der Waals surface area (Å²) in [6.45, 7) is 0.844. The summed E-state index contributed by atoms with van der Waals surface area (Å²) in [7, 11) is 0. The number of benzene rings is 2. The summed E-state index contributed by atoms with van der Waals surface area (Å²) in [6.07, 6.45) is 4.79. The maximum atomic E-state index is 12.9. The lowest BCUT2D eigenvalue weighted by atomic mass is 9.84. The SMILES string of the molecule is O=C(Nc1ccc(Cl)cc1)c1ccccc1NC(=O)[C@H]1CC[C@H](N2CCCC2=O)CC1. The summed E-state index contributed by atoms with van der Waals surface area (Å²) < 4.78 is 0. The van der Waals surface area contributed by atoms with Crippen LogP contribution in [0.25, 0.3) is 0 Å². The molecule has 2 aromatic carbocycles. The fourth-order valence-corrected chi connectivity index (χ4v) is 4.59. The van der Waals surface area contributed by atoms with Crippen LogP contribution in [0.1, 0.15) is 48.9 Å². The molecule has 31 heavy (non-hydrogen) atoms. The zero-order chi connectivity index (χ0) is 21.8. The number of amides is 3.